The third-order valence-electron chi connectivity index (χ3n) is 4.42. The molecule has 1 N–H and O–H groups in total. The number of fused-ring (bicyclic) bond motifs is 1. The van der Waals surface area contributed by atoms with Crippen LogP contribution >= 0.6 is 0 Å². The third kappa shape index (κ3) is 3.49. The minimum absolute atomic E-state index is 0.0942. The van der Waals surface area contributed by atoms with Crippen LogP contribution in [0.1, 0.15) is 15.9 Å². The molecule has 3 aromatic carbocycles. The largest absolute Gasteiger partial charge is 0.330 e. The lowest BCUT2D eigenvalue weighted by atomic mass is 10.1. The number of amides is 1. The number of aryl methyl sites for hydroxylation is 2. The van der Waals surface area contributed by atoms with E-state index in [1.54, 1.807) is 12.1 Å². The van der Waals surface area contributed by atoms with Crippen LogP contribution in [0.2, 0.25) is 0 Å². The zero-order chi connectivity index (χ0) is 17.8. The molecule has 1 amide bonds. The number of carbonyl (C=O) groups excluding carboxylic acids is 1. The van der Waals surface area contributed by atoms with Crippen LogP contribution < -0.4 is 5.32 Å². The van der Waals surface area contributed by atoms with E-state index >= 15 is 0 Å². The van der Waals surface area contributed by atoms with E-state index in [-0.39, 0.29) is 5.91 Å². The SMILES string of the molecule is O=C(Nc1ccc(CCn2cnc3ccccc32)cc1)c1ccccc1. The van der Waals surface area contributed by atoms with E-state index in [0.717, 1.165) is 29.7 Å². The number of rotatable bonds is 5. The maximum atomic E-state index is 12.2. The molecule has 0 aliphatic heterocycles. The second-order valence-corrected chi connectivity index (χ2v) is 6.19. The van der Waals surface area contributed by atoms with Gasteiger partial charge in [0.25, 0.3) is 5.91 Å². The monoisotopic (exact) mass is 341 g/mol. The van der Waals surface area contributed by atoms with E-state index in [2.05, 4.69) is 33.1 Å². The molecule has 4 heteroatoms. The highest BCUT2D eigenvalue weighted by atomic mass is 16.1. The molecule has 26 heavy (non-hydrogen) atoms. The fraction of sp³-hybridized carbons (Fsp3) is 0.0909. The van der Waals surface area contributed by atoms with E-state index in [9.17, 15) is 4.79 Å². The van der Waals surface area contributed by atoms with Gasteiger partial charge in [-0.2, -0.15) is 0 Å². The number of hydrogen-bond donors (Lipinski definition) is 1. The Kier molecular flexibility index (Phi) is 4.48. The topological polar surface area (TPSA) is 46.9 Å². The maximum Gasteiger partial charge on any atom is 0.255 e. The molecule has 4 aromatic rings. The van der Waals surface area contributed by atoms with Crippen molar-refractivity contribution in [3.05, 3.63) is 96.3 Å². The average Bonchev–Trinajstić information content (AvgIpc) is 3.11. The Hall–Kier alpha value is -3.40. The van der Waals surface area contributed by atoms with Crippen molar-refractivity contribution >= 4 is 22.6 Å². The zero-order valence-electron chi connectivity index (χ0n) is 14.3. The normalized spacial score (nSPS) is 10.8. The molecule has 0 radical (unpaired) electrons. The van der Waals surface area contributed by atoms with Crippen molar-refractivity contribution in [2.75, 3.05) is 5.32 Å². The number of para-hydroxylation sites is 2. The first kappa shape index (κ1) is 16.1. The molecule has 0 saturated carbocycles. The first-order valence-corrected chi connectivity index (χ1v) is 8.65. The summed E-state index contributed by atoms with van der Waals surface area (Å²) in [5, 5.41) is 2.93. The molecule has 1 aromatic heterocycles. The van der Waals surface area contributed by atoms with Gasteiger partial charge in [0.1, 0.15) is 0 Å². The van der Waals surface area contributed by atoms with Crippen LogP contribution in [0.4, 0.5) is 5.69 Å². The first-order valence-electron chi connectivity index (χ1n) is 8.65. The summed E-state index contributed by atoms with van der Waals surface area (Å²) in [5.74, 6) is -0.0942. The van der Waals surface area contributed by atoms with Crippen molar-refractivity contribution in [1.82, 2.24) is 9.55 Å². The van der Waals surface area contributed by atoms with Crippen LogP contribution in [-0.4, -0.2) is 15.5 Å². The van der Waals surface area contributed by atoms with Gasteiger partial charge in [-0.05, 0) is 48.4 Å². The molecule has 4 rings (SSSR count). The van der Waals surface area contributed by atoms with Crippen molar-refractivity contribution in [3.8, 4) is 0 Å². The molecule has 0 unspecified atom stereocenters. The van der Waals surface area contributed by atoms with Crippen LogP contribution in [0, 0.1) is 0 Å². The van der Waals surface area contributed by atoms with Crippen molar-refractivity contribution < 1.29 is 4.79 Å². The summed E-state index contributed by atoms with van der Waals surface area (Å²) in [5.41, 5.74) is 4.85. The van der Waals surface area contributed by atoms with E-state index in [1.165, 1.54) is 5.56 Å². The molecular weight excluding hydrogens is 322 g/mol. The van der Waals surface area contributed by atoms with Crippen molar-refractivity contribution in [2.24, 2.45) is 0 Å². The van der Waals surface area contributed by atoms with Crippen LogP contribution in [0.15, 0.2) is 85.2 Å². The van der Waals surface area contributed by atoms with E-state index in [1.807, 2.05) is 54.9 Å². The summed E-state index contributed by atoms with van der Waals surface area (Å²) in [4.78, 5) is 16.6. The number of nitrogens with zero attached hydrogens (tertiary/aromatic N) is 2. The van der Waals surface area contributed by atoms with E-state index in [4.69, 9.17) is 0 Å². The Morgan fingerprint density at radius 3 is 2.42 bits per heavy atom. The lowest BCUT2D eigenvalue weighted by molar-refractivity contribution is 0.102. The van der Waals surface area contributed by atoms with E-state index < -0.39 is 0 Å². The predicted octanol–water partition coefficient (Wildman–Crippen LogP) is 4.53. The maximum absolute atomic E-state index is 12.2. The second-order valence-electron chi connectivity index (χ2n) is 6.19. The summed E-state index contributed by atoms with van der Waals surface area (Å²) < 4.78 is 2.17. The molecule has 0 saturated heterocycles. The molecule has 0 fully saturated rings. The summed E-state index contributed by atoms with van der Waals surface area (Å²) in [6.07, 6.45) is 2.80. The number of nitrogens with one attached hydrogen (secondary N) is 1. The summed E-state index contributed by atoms with van der Waals surface area (Å²) in [6.45, 7) is 0.871. The molecular formula is C22H19N3O. The minimum atomic E-state index is -0.0942. The predicted molar refractivity (Wildman–Crippen MR) is 104 cm³/mol. The van der Waals surface area contributed by atoms with Crippen LogP contribution in [0.25, 0.3) is 11.0 Å². The molecule has 0 aliphatic carbocycles. The van der Waals surface area contributed by atoms with Gasteiger partial charge in [-0.25, -0.2) is 4.98 Å². The Morgan fingerprint density at radius 1 is 0.885 bits per heavy atom. The Bertz CT molecular complexity index is 1020. The first-order chi connectivity index (χ1) is 12.8. The van der Waals surface area contributed by atoms with E-state index in [0.29, 0.717) is 5.56 Å². The number of aromatic nitrogens is 2. The smallest absolute Gasteiger partial charge is 0.255 e. The van der Waals surface area contributed by atoms with Crippen LogP contribution in [0.3, 0.4) is 0 Å². The fourth-order valence-electron chi connectivity index (χ4n) is 2.99. The summed E-state index contributed by atoms with van der Waals surface area (Å²) in [7, 11) is 0. The van der Waals surface area contributed by atoms with Crippen LogP contribution in [0.5, 0.6) is 0 Å². The summed E-state index contributed by atoms with van der Waals surface area (Å²) >= 11 is 0. The second kappa shape index (κ2) is 7.23. The third-order valence-corrected chi connectivity index (χ3v) is 4.42. The molecule has 0 bridgehead atoms. The van der Waals surface area contributed by atoms with Gasteiger partial charge in [-0.3, -0.25) is 4.79 Å². The molecule has 0 atom stereocenters. The number of hydrogen-bond acceptors (Lipinski definition) is 2. The van der Waals surface area contributed by atoms with Crippen molar-refractivity contribution in [3.63, 3.8) is 0 Å². The molecule has 4 nitrogen and oxygen atoms in total. The van der Waals surface area contributed by atoms with Gasteiger partial charge < -0.3 is 9.88 Å². The molecule has 1 heterocycles. The highest BCUT2D eigenvalue weighted by Crippen LogP contribution is 2.15. The van der Waals surface area contributed by atoms with Crippen LogP contribution in [-0.2, 0) is 13.0 Å². The highest BCUT2D eigenvalue weighted by molar-refractivity contribution is 6.04. The number of anilines is 1. The number of benzene rings is 3. The summed E-state index contributed by atoms with van der Waals surface area (Å²) in [6, 6.07) is 25.4. The van der Waals surface area contributed by atoms with Gasteiger partial charge >= 0.3 is 0 Å². The van der Waals surface area contributed by atoms with Gasteiger partial charge in [-0.15, -0.1) is 0 Å². The zero-order valence-corrected chi connectivity index (χ0v) is 14.3. The molecule has 0 spiro atoms. The molecule has 0 aliphatic rings. The standard InChI is InChI=1S/C22H19N3O/c26-22(18-6-2-1-3-7-18)24-19-12-10-17(11-13-19)14-15-25-16-23-20-8-4-5-9-21(20)25/h1-13,16H,14-15H2,(H,24,26). The van der Waals surface area contributed by atoms with Crippen molar-refractivity contribution in [1.29, 1.82) is 0 Å². The number of carbonyl (C=O) groups is 1. The van der Waals surface area contributed by atoms with Gasteiger partial charge in [0.2, 0.25) is 0 Å². The lowest BCUT2D eigenvalue weighted by Crippen LogP contribution is -2.11. The number of imidazole rings is 1. The Balaban J connectivity index is 1.39. The van der Waals surface area contributed by atoms with Gasteiger partial charge in [0, 0.05) is 17.8 Å². The van der Waals surface area contributed by atoms with Gasteiger partial charge in [0.15, 0.2) is 0 Å². The average molecular weight is 341 g/mol. The van der Waals surface area contributed by atoms with Crippen molar-refractivity contribution in [2.45, 2.75) is 13.0 Å². The minimum Gasteiger partial charge on any atom is -0.330 e. The highest BCUT2D eigenvalue weighted by Gasteiger charge is 2.05. The fourth-order valence-corrected chi connectivity index (χ4v) is 2.99. The Morgan fingerprint density at radius 2 is 1.62 bits per heavy atom. The van der Waals surface area contributed by atoms with Gasteiger partial charge in [-0.1, -0.05) is 42.5 Å². The Labute approximate surface area is 152 Å². The lowest BCUT2D eigenvalue weighted by Gasteiger charge is -2.08. The quantitative estimate of drug-likeness (QED) is 0.580. The van der Waals surface area contributed by atoms with Gasteiger partial charge in [0.05, 0.1) is 17.4 Å². The molecule has 128 valence electrons.